The summed E-state index contributed by atoms with van der Waals surface area (Å²) in [7, 11) is 0. The van der Waals surface area contributed by atoms with Crippen LogP contribution in [0.15, 0.2) is 12.1 Å². The number of halogens is 1. The van der Waals surface area contributed by atoms with Crippen molar-refractivity contribution in [3.63, 3.8) is 0 Å². The molecule has 0 fully saturated rings. The van der Waals surface area contributed by atoms with Gasteiger partial charge < -0.3 is 14.6 Å². The smallest absolute Gasteiger partial charge is 0.231 e. The van der Waals surface area contributed by atoms with Gasteiger partial charge in [0, 0.05) is 0 Å². The van der Waals surface area contributed by atoms with E-state index >= 15 is 0 Å². The molecule has 0 atom stereocenters. The first-order valence-corrected chi connectivity index (χ1v) is 3.06. The van der Waals surface area contributed by atoms with Crippen LogP contribution in [0.1, 0.15) is 0 Å². The van der Waals surface area contributed by atoms with E-state index in [1.807, 2.05) is 0 Å². The fraction of sp³-hybridized carbons (Fsp3) is 0.143. The Balaban J connectivity index is 2.62. The van der Waals surface area contributed by atoms with Crippen molar-refractivity contribution in [3.8, 4) is 17.2 Å². The van der Waals surface area contributed by atoms with Crippen molar-refractivity contribution in [2.75, 3.05) is 6.79 Å². The highest BCUT2D eigenvalue weighted by Gasteiger charge is 2.20. The van der Waals surface area contributed by atoms with Gasteiger partial charge in [-0.15, -0.1) is 0 Å². The molecule has 0 unspecified atom stereocenters. The van der Waals surface area contributed by atoms with Gasteiger partial charge in [0.2, 0.25) is 12.5 Å². The van der Waals surface area contributed by atoms with E-state index in [1.54, 1.807) is 0 Å². The molecule has 0 radical (unpaired) electrons. The SMILES string of the molecule is Oc1c(F)ccc2c1OCO2. The first-order chi connectivity index (χ1) is 5.29. The second-order valence-corrected chi connectivity index (χ2v) is 2.13. The minimum absolute atomic E-state index is 0.0341. The quantitative estimate of drug-likeness (QED) is 0.614. The Labute approximate surface area is 62.0 Å². The molecule has 0 saturated heterocycles. The number of benzene rings is 1. The summed E-state index contributed by atoms with van der Waals surface area (Å²) in [5.41, 5.74) is 0. The third kappa shape index (κ3) is 0.790. The molecular formula is C7H5FO3. The lowest BCUT2D eigenvalue weighted by Gasteiger charge is -1.98. The number of ether oxygens (including phenoxy) is 2. The molecule has 1 aromatic rings. The van der Waals surface area contributed by atoms with Crippen LogP contribution in [0.25, 0.3) is 0 Å². The molecule has 1 N–H and O–H groups in total. The van der Waals surface area contributed by atoms with Crippen molar-refractivity contribution >= 4 is 0 Å². The molecular weight excluding hydrogens is 151 g/mol. The van der Waals surface area contributed by atoms with Crippen LogP contribution in [0.2, 0.25) is 0 Å². The van der Waals surface area contributed by atoms with Crippen molar-refractivity contribution in [1.29, 1.82) is 0 Å². The molecule has 1 aliphatic rings. The van der Waals surface area contributed by atoms with Gasteiger partial charge in [0.15, 0.2) is 17.3 Å². The molecule has 0 spiro atoms. The van der Waals surface area contributed by atoms with Gasteiger partial charge in [0.25, 0.3) is 0 Å². The molecule has 1 heterocycles. The predicted molar refractivity (Wildman–Crippen MR) is 34.2 cm³/mol. The van der Waals surface area contributed by atoms with Crippen LogP contribution < -0.4 is 9.47 Å². The highest BCUT2D eigenvalue weighted by molar-refractivity contribution is 5.52. The Morgan fingerprint density at radius 3 is 3.00 bits per heavy atom. The van der Waals surface area contributed by atoms with Crippen LogP contribution in [0.5, 0.6) is 17.2 Å². The van der Waals surface area contributed by atoms with Crippen LogP contribution in [0, 0.1) is 5.82 Å². The molecule has 0 amide bonds. The lowest BCUT2D eigenvalue weighted by atomic mass is 10.3. The zero-order valence-electron chi connectivity index (χ0n) is 5.50. The van der Waals surface area contributed by atoms with E-state index in [1.165, 1.54) is 6.07 Å². The van der Waals surface area contributed by atoms with Gasteiger partial charge in [-0.1, -0.05) is 0 Å². The first kappa shape index (κ1) is 6.27. The predicted octanol–water partition coefficient (Wildman–Crippen LogP) is 1.26. The number of hydrogen-bond acceptors (Lipinski definition) is 3. The van der Waals surface area contributed by atoms with E-state index in [4.69, 9.17) is 14.6 Å². The average molecular weight is 156 g/mol. The van der Waals surface area contributed by atoms with Gasteiger partial charge in [0.1, 0.15) is 0 Å². The van der Waals surface area contributed by atoms with Crippen molar-refractivity contribution in [2.45, 2.75) is 0 Å². The number of rotatable bonds is 0. The maximum atomic E-state index is 12.6. The second kappa shape index (κ2) is 2.02. The Kier molecular flexibility index (Phi) is 1.15. The highest BCUT2D eigenvalue weighted by atomic mass is 19.1. The van der Waals surface area contributed by atoms with E-state index < -0.39 is 11.6 Å². The summed E-state index contributed by atoms with van der Waals surface area (Å²) in [4.78, 5) is 0. The Hall–Kier alpha value is -1.45. The van der Waals surface area contributed by atoms with E-state index in [0.29, 0.717) is 5.75 Å². The third-order valence-corrected chi connectivity index (χ3v) is 1.46. The summed E-state index contributed by atoms with van der Waals surface area (Å²) in [6.07, 6.45) is 0. The highest BCUT2D eigenvalue weighted by Crippen LogP contribution is 2.41. The third-order valence-electron chi connectivity index (χ3n) is 1.46. The molecule has 0 aliphatic carbocycles. The zero-order chi connectivity index (χ0) is 7.84. The molecule has 4 heteroatoms. The largest absolute Gasteiger partial charge is 0.502 e. The van der Waals surface area contributed by atoms with Gasteiger partial charge in [0.05, 0.1) is 0 Å². The first-order valence-electron chi connectivity index (χ1n) is 3.06. The summed E-state index contributed by atoms with van der Waals surface area (Å²) < 4.78 is 22.3. The molecule has 0 saturated carbocycles. The van der Waals surface area contributed by atoms with E-state index in [2.05, 4.69) is 0 Å². The minimum atomic E-state index is -0.700. The van der Waals surface area contributed by atoms with Gasteiger partial charge in [-0.3, -0.25) is 0 Å². The van der Waals surface area contributed by atoms with E-state index in [-0.39, 0.29) is 12.5 Å². The summed E-state index contributed by atoms with van der Waals surface area (Å²) in [6, 6.07) is 2.54. The maximum Gasteiger partial charge on any atom is 0.231 e. The Morgan fingerprint density at radius 1 is 1.36 bits per heavy atom. The lowest BCUT2D eigenvalue weighted by Crippen LogP contribution is -1.93. The summed E-state index contributed by atoms with van der Waals surface area (Å²) in [5, 5.41) is 9.04. The van der Waals surface area contributed by atoms with E-state index in [0.717, 1.165) is 6.07 Å². The van der Waals surface area contributed by atoms with Crippen molar-refractivity contribution in [3.05, 3.63) is 17.9 Å². The number of hydrogen-bond donors (Lipinski definition) is 1. The molecule has 0 bridgehead atoms. The fourth-order valence-corrected chi connectivity index (χ4v) is 0.934. The summed E-state index contributed by atoms with van der Waals surface area (Å²) in [6.45, 7) is 0.0341. The Bertz CT molecular complexity index is 298. The topological polar surface area (TPSA) is 38.7 Å². The van der Waals surface area contributed by atoms with Gasteiger partial charge in [-0.2, -0.15) is 0 Å². The number of aromatic hydroxyl groups is 1. The normalized spacial score (nSPS) is 13.5. The molecule has 0 aromatic heterocycles. The van der Waals surface area contributed by atoms with Gasteiger partial charge in [-0.05, 0) is 12.1 Å². The second-order valence-electron chi connectivity index (χ2n) is 2.13. The van der Waals surface area contributed by atoms with Gasteiger partial charge >= 0.3 is 0 Å². The molecule has 11 heavy (non-hydrogen) atoms. The molecule has 58 valence electrons. The van der Waals surface area contributed by atoms with Crippen LogP contribution in [0.3, 0.4) is 0 Å². The molecule has 1 aliphatic heterocycles. The minimum Gasteiger partial charge on any atom is -0.502 e. The zero-order valence-corrected chi connectivity index (χ0v) is 5.50. The van der Waals surface area contributed by atoms with E-state index in [9.17, 15) is 4.39 Å². The fourth-order valence-electron chi connectivity index (χ4n) is 0.934. The monoisotopic (exact) mass is 156 g/mol. The molecule has 3 nitrogen and oxygen atoms in total. The van der Waals surface area contributed by atoms with Gasteiger partial charge in [-0.25, -0.2) is 4.39 Å². The van der Waals surface area contributed by atoms with Crippen LogP contribution in [-0.4, -0.2) is 11.9 Å². The standard InChI is InChI=1S/C7H5FO3/c8-4-1-2-5-7(6(4)9)11-3-10-5/h1-2,9H,3H2. The van der Waals surface area contributed by atoms with Crippen molar-refractivity contribution < 1.29 is 19.0 Å². The number of phenols is 1. The lowest BCUT2D eigenvalue weighted by molar-refractivity contribution is 0.171. The average Bonchev–Trinajstić information content (AvgIpc) is 2.45. The van der Waals surface area contributed by atoms with Crippen LogP contribution in [-0.2, 0) is 0 Å². The Morgan fingerprint density at radius 2 is 2.18 bits per heavy atom. The molecule has 1 aromatic carbocycles. The number of phenolic OH excluding ortho intramolecular Hbond substituents is 1. The van der Waals surface area contributed by atoms with Crippen molar-refractivity contribution in [1.82, 2.24) is 0 Å². The van der Waals surface area contributed by atoms with Crippen LogP contribution in [0.4, 0.5) is 4.39 Å². The van der Waals surface area contributed by atoms with Crippen molar-refractivity contribution in [2.24, 2.45) is 0 Å². The van der Waals surface area contributed by atoms with Crippen LogP contribution >= 0.6 is 0 Å². The maximum absolute atomic E-state index is 12.6. The number of fused-ring (bicyclic) bond motifs is 1. The molecule has 2 rings (SSSR count). The summed E-state index contributed by atoms with van der Waals surface area (Å²) in [5.74, 6) is -0.719. The summed E-state index contributed by atoms with van der Waals surface area (Å²) >= 11 is 0.